The highest BCUT2D eigenvalue weighted by Crippen LogP contribution is 2.11. The Hall–Kier alpha value is -1.39. The van der Waals surface area contributed by atoms with Crippen LogP contribution in [0, 0.1) is 6.92 Å². The number of nitrogens with zero attached hydrogens (tertiary/aromatic N) is 1. The van der Waals surface area contributed by atoms with Gasteiger partial charge >= 0.3 is 0 Å². The molecule has 4 heteroatoms. The largest absolute Gasteiger partial charge is 0.377 e. The Labute approximate surface area is 114 Å². The molecule has 0 spiro atoms. The van der Waals surface area contributed by atoms with Crippen LogP contribution < -0.4 is 5.32 Å². The molecule has 1 aliphatic heterocycles. The predicted octanol–water partition coefficient (Wildman–Crippen LogP) is 0.984. The van der Waals surface area contributed by atoms with Crippen LogP contribution in [0.5, 0.6) is 0 Å². The third-order valence-corrected chi connectivity index (χ3v) is 3.46. The Morgan fingerprint density at radius 3 is 2.84 bits per heavy atom. The maximum atomic E-state index is 12.4. The number of carbonyl (C=O) groups excluding carboxylic acids is 1. The number of amides is 1. The molecule has 1 unspecified atom stereocenters. The second-order valence-corrected chi connectivity index (χ2v) is 5.04. The summed E-state index contributed by atoms with van der Waals surface area (Å²) in [6, 6.07) is 8.30. The van der Waals surface area contributed by atoms with Gasteiger partial charge in [0.05, 0.1) is 25.7 Å². The summed E-state index contributed by atoms with van der Waals surface area (Å²) in [5, 5.41) is 3.12. The zero-order valence-electron chi connectivity index (χ0n) is 11.7. The van der Waals surface area contributed by atoms with Gasteiger partial charge in [-0.3, -0.25) is 4.79 Å². The van der Waals surface area contributed by atoms with E-state index in [-0.39, 0.29) is 11.9 Å². The van der Waals surface area contributed by atoms with Crippen LogP contribution in [0.2, 0.25) is 0 Å². The highest BCUT2D eigenvalue weighted by molar-refractivity contribution is 5.79. The first-order valence-corrected chi connectivity index (χ1v) is 6.78. The molecule has 1 N–H and O–H groups in total. The van der Waals surface area contributed by atoms with Gasteiger partial charge in [0.25, 0.3) is 0 Å². The lowest BCUT2D eigenvalue weighted by Gasteiger charge is -2.35. The first-order chi connectivity index (χ1) is 9.20. The van der Waals surface area contributed by atoms with E-state index < -0.39 is 0 Å². The first-order valence-electron chi connectivity index (χ1n) is 6.78. The van der Waals surface area contributed by atoms with Crippen molar-refractivity contribution >= 4 is 5.91 Å². The molecule has 1 heterocycles. The number of nitrogens with one attached hydrogen (secondary N) is 1. The quantitative estimate of drug-likeness (QED) is 0.879. The standard InChI is InChI=1S/C15H22N2O2/c1-12-3-5-13(6-4-12)9-15(18)17-7-8-19-11-14(17)10-16-2/h3-6,14,16H,7-11H2,1-2H3. The van der Waals surface area contributed by atoms with Gasteiger partial charge in [-0.25, -0.2) is 0 Å². The van der Waals surface area contributed by atoms with Crippen molar-refractivity contribution in [3.8, 4) is 0 Å². The number of ether oxygens (including phenoxy) is 1. The fourth-order valence-electron chi connectivity index (χ4n) is 2.37. The summed E-state index contributed by atoms with van der Waals surface area (Å²) in [6.07, 6.45) is 0.473. The monoisotopic (exact) mass is 262 g/mol. The number of benzene rings is 1. The van der Waals surface area contributed by atoms with Gasteiger partial charge in [0.15, 0.2) is 0 Å². The summed E-state index contributed by atoms with van der Waals surface area (Å²) in [5.41, 5.74) is 2.29. The van der Waals surface area contributed by atoms with Crippen molar-refractivity contribution in [3.05, 3.63) is 35.4 Å². The van der Waals surface area contributed by atoms with Crippen LogP contribution in [0.3, 0.4) is 0 Å². The molecular formula is C15H22N2O2. The molecule has 0 aliphatic carbocycles. The van der Waals surface area contributed by atoms with Gasteiger partial charge in [0.2, 0.25) is 5.91 Å². The SMILES string of the molecule is CNCC1COCCN1C(=O)Cc1ccc(C)cc1. The summed E-state index contributed by atoms with van der Waals surface area (Å²) in [7, 11) is 1.90. The molecule has 0 aromatic heterocycles. The minimum atomic E-state index is 0.150. The van der Waals surface area contributed by atoms with Crippen molar-refractivity contribution < 1.29 is 9.53 Å². The van der Waals surface area contributed by atoms with Crippen LogP contribution in [0.25, 0.3) is 0 Å². The molecule has 104 valence electrons. The van der Waals surface area contributed by atoms with Crippen molar-refractivity contribution in [3.63, 3.8) is 0 Å². The Morgan fingerprint density at radius 1 is 1.42 bits per heavy atom. The van der Waals surface area contributed by atoms with Crippen LogP contribution in [0.4, 0.5) is 0 Å². The number of hydrogen-bond donors (Lipinski definition) is 1. The van der Waals surface area contributed by atoms with E-state index in [0.29, 0.717) is 26.2 Å². The molecule has 1 aromatic carbocycles. The lowest BCUT2D eigenvalue weighted by atomic mass is 10.1. The van der Waals surface area contributed by atoms with Crippen LogP contribution in [-0.4, -0.2) is 50.2 Å². The van der Waals surface area contributed by atoms with Gasteiger partial charge in [-0.05, 0) is 19.5 Å². The van der Waals surface area contributed by atoms with E-state index in [1.807, 2.05) is 36.2 Å². The van der Waals surface area contributed by atoms with E-state index in [1.165, 1.54) is 5.56 Å². The van der Waals surface area contributed by atoms with Crippen molar-refractivity contribution in [1.82, 2.24) is 10.2 Å². The summed E-state index contributed by atoms with van der Waals surface area (Å²) in [6.45, 7) is 4.79. The van der Waals surface area contributed by atoms with E-state index in [9.17, 15) is 4.79 Å². The number of carbonyl (C=O) groups is 1. The average Bonchev–Trinajstić information content (AvgIpc) is 2.42. The third-order valence-electron chi connectivity index (χ3n) is 3.46. The summed E-state index contributed by atoms with van der Waals surface area (Å²) in [5.74, 6) is 0.187. The highest BCUT2D eigenvalue weighted by atomic mass is 16.5. The second kappa shape index (κ2) is 6.68. The van der Waals surface area contributed by atoms with Crippen LogP contribution in [-0.2, 0) is 16.0 Å². The molecule has 1 aliphatic rings. The van der Waals surface area contributed by atoms with Gasteiger partial charge in [-0.1, -0.05) is 29.8 Å². The van der Waals surface area contributed by atoms with Crippen LogP contribution in [0.15, 0.2) is 24.3 Å². The molecule has 1 saturated heterocycles. The van der Waals surface area contributed by atoms with E-state index in [4.69, 9.17) is 4.74 Å². The van der Waals surface area contributed by atoms with E-state index >= 15 is 0 Å². The van der Waals surface area contributed by atoms with E-state index in [2.05, 4.69) is 12.2 Å². The average molecular weight is 262 g/mol. The third kappa shape index (κ3) is 3.78. The number of aryl methyl sites for hydroxylation is 1. The maximum absolute atomic E-state index is 12.4. The normalized spacial score (nSPS) is 19.5. The predicted molar refractivity (Wildman–Crippen MR) is 75.1 cm³/mol. The minimum Gasteiger partial charge on any atom is -0.377 e. The highest BCUT2D eigenvalue weighted by Gasteiger charge is 2.26. The first kappa shape index (κ1) is 14.0. The lowest BCUT2D eigenvalue weighted by Crippen LogP contribution is -2.52. The maximum Gasteiger partial charge on any atom is 0.227 e. The Balaban J connectivity index is 1.99. The molecule has 0 radical (unpaired) electrons. The van der Waals surface area contributed by atoms with Crippen molar-refractivity contribution in [2.24, 2.45) is 0 Å². The minimum absolute atomic E-state index is 0.150. The van der Waals surface area contributed by atoms with Gasteiger partial charge in [-0.2, -0.15) is 0 Å². The lowest BCUT2D eigenvalue weighted by molar-refractivity contribution is -0.138. The van der Waals surface area contributed by atoms with Crippen LogP contribution in [0.1, 0.15) is 11.1 Å². The molecule has 19 heavy (non-hydrogen) atoms. The molecule has 4 nitrogen and oxygen atoms in total. The number of hydrogen-bond acceptors (Lipinski definition) is 3. The van der Waals surface area contributed by atoms with Gasteiger partial charge in [0, 0.05) is 13.1 Å². The number of morpholine rings is 1. The van der Waals surface area contributed by atoms with Gasteiger partial charge < -0.3 is 15.0 Å². The summed E-state index contributed by atoms with van der Waals surface area (Å²) in [4.78, 5) is 14.3. The molecule has 1 amide bonds. The molecule has 0 bridgehead atoms. The summed E-state index contributed by atoms with van der Waals surface area (Å²) >= 11 is 0. The molecule has 1 fully saturated rings. The summed E-state index contributed by atoms with van der Waals surface area (Å²) < 4.78 is 5.45. The fraction of sp³-hybridized carbons (Fsp3) is 0.533. The van der Waals surface area contributed by atoms with E-state index in [1.54, 1.807) is 0 Å². The van der Waals surface area contributed by atoms with Crippen molar-refractivity contribution in [1.29, 1.82) is 0 Å². The second-order valence-electron chi connectivity index (χ2n) is 5.04. The zero-order chi connectivity index (χ0) is 13.7. The Morgan fingerprint density at radius 2 is 2.16 bits per heavy atom. The molecule has 1 atom stereocenters. The number of likely N-dealkylation sites (N-methyl/N-ethyl adjacent to an activating group) is 1. The Kier molecular flexibility index (Phi) is 4.93. The Bertz CT molecular complexity index is 415. The van der Waals surface area contributed by atoms with Crippen molar-refractivity contribution in [2.75, 3.05) is 33.4 Å². The van der Waals surface area contributed by atoms with Gasteiger partial charge in [-0.15, -0.1) is 0 Å². The van der Waals surface area contributed by atoms with Crippen molar-refractivity contribution in [2.45, 2.75) is 19.4 Å². The zero-order valence-corrected chi connectivity index (χ0v) is 11.7. The van der Waals surface area contributed by atoms with E-state index in [0.717, 1.165) is 12.1 Å². The molecule has 0 saturated carbocycles. The topological polar surface area (TPSA) is 41.6 Å². The fourth-order valence-corrected chi connectivity index (χ4v) is 2.37. The molecule has 2 rings (SSSR count). The van der Waals surface area contributed by atoms with Crippen LogP contribution >= 0.6 is 0 Å². The van der Waals surface area contributed by atoms with Gasteiger partial charge in [0.1, 0.15) is 0 Å². The molecular weight excluding hydrogens is 240 g/mol. The number of rotatable bonds is 4. The smallest absolute Gasteiger partial charge is 0.227 e. The molecule has 1 aromatic rings.